The minimum Gasteiger partial charge on any atom is -1.00 e. The molecule has 0 atom stereocenters. The SMILES string of the molecule is CCC[CH2][V+3][C]1=CC=CC1.[Cl-].[Cl-].[Cl-]. The average molecular weight is 280 g/mol. The molecule has 0 spiro atoms. The van der Waals surface area contributed by atoms with Crippen molar-refractivity contribution in [2.45, 2.75) is 31.3 Å². The summed E-state index contributed by atoms with van der Waals surface area (Å²) >= 11 is 0.547. The largest absolute Gasteiger partial charge is 1.00 e. The van der Waals surface area contributed by atoms with Gasteiger partial charge in [0.15, 0.2) is 0 Å². The molecule has 1 aliphatic carbocycles. The molecule has 0 N–H and O–H groups in total. The first-order chi connectivity index (χ1) is 4.93. The molecule has 0 radical (unpaired) electrons. The summed E-state index contributed by atoms with van der Waals surface area (Å²) in [7, 11) is 0. The van der Waals surface area contributed by atoms with Crippen LogP contribution in [0.15, 0.2) is 22.5 Å². The average Bonchev–Trinajstić information content (AvgIpc) is 2.41. The van der Waals surface area contributed by atoms with Crippen LogP contribution >= 0.6 is 0 Å². The number of hydrogen-bond donors (Lipinski definition) is 0. The topological polar surface area (TPSA) is 0 Å². The van der Waals surface area contributed by atoms with E-state index in [9.17, 15) is 0 Å². The van der Waals surface area contributed by atoms with Gasteiger partial charge in [-0.2, -0.15) is 0 Å². The first-order valence-electron chi connectivity index (χ1n) is 3.96. The van der Waals surface area contributed by atoms with Gasteiger partial charge >= 0.3 is 70.1 Å². The smallest absolute Gasteiger partial charge is 1.00 e. The van der Waals surface area contributed by atoms with Gasteiger partial charge in [0, 0.05) is 0 Å². The third kappa shape index (κ3) is 9.24. The van der Waals surface area contributed by atoms with E-state index < -0.39 is 0 Å². The molecule has 0 aromatic carbocycles. The van der Waals surface area contributed by atoms with Crippen molar-refractivity contribution >= 4 is 0 Å². The van der Waals surface area contributed by atoms with Gasteiger partial charge < -0.3 is 37.2 Å². The number of rotatable bonds is 4. The van der Waals surface area contributed by atoms with E-state index >= 15 is 0 Å². The van der Waals surface area contributed by atoms with Crippen molar-refractivity contribution in [3.05, 3.63) is 22.5 Å². The number of halogens is 3. The fourth-order valence-electron chi connectivity index (χ4n) is 0.934. The second-order valence-electron chi connectivity index (χ2n) is 2.53. The Balaban J connectivity index is -0.000000333. The summed E-state index contributed by atoms with van der Waals surface area (Å²) in [6.07, 6.45) is 10.8. The van der Waals surface area contributed by atoms with E-state index in [1.165, 1.54) is 24.4 Å². The van der Waals surface area contributed by atoms with Gasteiger partial charge in [0.05, 0.1) is 0 Å². The Morgan fingerprint density at radius 3 is 2.46 bits per heavy atom. The van der Waals surface area contributed by atoms with Crippen LogP contribution in [0.5, 0.6) is 0 Å². The standard InChI is InChI=1S/C5H5.C4H9.3ClH.V/c1-2-4-5-3-1;1-3-4-2;;;;/h1-3H,4H2;1,3-4H2,2H3;3*1H;/q;;;;;+3/p-3. The first-order valence-corrected chi connectivity index (χ1v) is 5.65. The van der Waals surface area contributed by atoms with Crippen LogP contribution in [-0.4, -0.2) is 0 Å². The fourth-order valence-corrected chi connectivity index (χ4v) is 2.79. The van der Waals surface area contributed by atoms with Crippen molar-refractivity contribution in [3.63, 3.8) is 0 Å². The van der Waals surface area contributed by atoms with Gasteiger partial charge in [-0.05, 0) is 0 Å². The van der Waals surface area contributed by atoms with E-state index in [0.717, 1.165) is 0 Å². The predicted octanol–water partition coefficient (Wildman–Crippen LogP) is -5.86. The van der Waals surface area contributed by atoms with Crippen molar-refractivity contribution in [1.82, 2.24) is 0 Å². The minimum atomic E-state index is 0. The van der Waals surface area contributed by atoms with E-state index in [0.29, 0.717) is 16.3 Å². The maximum Gasteiger partial charge on any atom is -1.00 e. The second kappa shape index (κ2) is 12.9. The third-order valence-electron chi connectivity index (χ3n) is 1.58. The third-order valence-corrected chi connectivity index (χ3v) is 3.57. The number of unbranched alkanes of at least 4 members (excludes halogenated alkanes) is 1. The molecule has 0 saturated heterocycles. The molecule has 4 heteroatoms. The number of hydrogen-bond acceptors (Lipinski definition) is 0. The quantitative estimate of drug-likeness (QED) is 0.450. The van der Waals surface area contributed by atoms with Gasteiger partial charge in [0.1, 0.15) is 0 Å². The molecular weight excluding hydrogens is 265 g/mol. The predicted molar refractivity (Wildman–Crippen MR) is 41.6 cm³/mol. The van der Waals surface area contributed by atoms with E-state index in [-0.39, 0.29) is 37.2 Å². The molecule has 76 valence electrons. The van der Waals surface area contributed by atoms with Crippen LogP contribution in [0.4, 0.5) is 0 Å². The Labute approximate surface area is 107 Å². The maximum atomic E-state index is 2.30. The van der Waals surface area contributed by atoms with E-state index in [1.807, 2.05) is 0 Å². The van der Waals surface area contributed by atoms with Gasteiger partial charge in [-0.1, -0.05) is 0 Å². The Morgan fingerprint density at radius 1 is 1.31 bits per heavy atom. The molecule has 13 heavy (non-hydrogen) atoms. The Bertz CT molecular complexity index is 155. The molecule has 0 fully saturated rings. The Hall–Kier alpha value is 0.934. The Morgan fingerprint density at radius 2 is 2.00 bits per heavy atom. The second-order valence-corrected chi connectivity index (χ2v) is 4.61. The summed E-state index contributed by atoms with van der Waals surface area (Å²) in [5, 5.41) is 1.47. The molecule has 0 aliphatic heterocycles. The molecule has 0 aromatic rings. The molecule has 0 aromatic heterocycles. The van der Waals surface area contributed by atoms with Gasteiger partial charge in [-0.25, -0.2) is 0 Å². The zero-order valence-electron chi connectivity index (χ0n) is 7.64. The molecule has 1 rings (SSSR count). The molecule has 0 amide bonds. The van der Waals surface area contributed by atoms with Crippen LogP contribution in [0.25, 0.3) is 0 Å². The van der Waals surface area contributed by atoms with Crippen molar-refractivity contribution in [3.8, 4) is 0 Å². The molecule has 0 saturated carbocycles. The molecule has 0 unspecified atom stereocenters. The van der Waals surface area contributed by atoms with E-state index in [1.54, 1.807) is 4.28 Å². The molecular formula is C9H14Cl3V. The summed E-state index contributed by atoms with van der Waals surface area (Å²) in [5.41, 5.74) is 0. The van der Waals surface area contributed by atoms with Crippen LogP contribution < -0.4 is 37.2 Å². The normalized spacial score (nSPS) is 11.6. The summed E-state index contributed by atoms with van der Waals surface area (Å²) in [5.74, 6) is 0. The molecule has 0 bridgehead atoms. The van der Waals surface area contributed by atoms with Crippen molar-refractivity contribution in [2.75, 3.05) is 0 Å². The van der Waals surface area contributed by atoms with Crippen LogP contribution in [0.2, 0.25) is 5.13 Å². The molecule has 1 aliphatic rings. The van der Waals surface area contributed by atoms with Crippen LogP contribution in [0.3, 0.4) is 0 Å². The molecule has 0 heterocycles. The van der Waals surface area contributed by atoms with Gasteiger partial charge in [0.2, 0.25) is 0 Å². The van der Waals surface area contributed by atoms with Gasteiger partial charge in [-0.3, -0.25) is 0 Å². The van der Waals surface area contributed by atoms with Crippen LogP contribution in [0, 0.1) is 0 Å². The zero-order valence-corrected chi connectivity index (χ0v) is 11.3. The van der Waals surface area contributed by atoms with Gasteiger partial charge in [-0.15, -0.1) is 0 Å². The van der Waals surface area contributed by atoms with Crippen molar-refractivity contribution < 1.29 is 53.5 Å². The van der Waals surface area contributed by atoms with Crippen LogP contribution in [0.1, 0.15) is 26.2 Å². The van der Waals surface area contributed by atoms with Crippen LogP contribution in [-0.2, 0) is 16.3 Å². The summed E-state index contributed by atoms with van der Waals surface area (Å²) in [6, 6.07) is 0. The van der Waals surface area contributed by atoms with Crippen molar-refractivity contribution in [1.29, 1.82) is 0 Å². The summed E-state index contributed by atoms with van der Waals surface area (Å²) in [4.78, 5) is 0. The monoisotopic (exact) mass is 278 g/mol. The summed E-state index contributed by atoms with van der Waals surface area (Å²) < 4.78 is 1.71. The minimum absolute atomic E-state index is 0. The van der Waals surface area contributed by atoms with E-state index in [4.69, 9.17) is 0 Å². The maximum absolute atomic E-state index is 2.30. The Kier molecular flexibility index (Phi) is 19.4. The first kappa shape index (κ1) is 19.5. The summed E-state index contributed by atoms with van der Waals surface area (Å²) in [6.45, 7) is 2.27. The van der Waals surface area contributed by atoms with Crippen molar-refractivity contribution in [2.24, 2.45) is 0 Å². The zero-order chi connectivity index (χ0) is 7.23. The number of allylic oxidation sites excluding steroid dienone is 4. The fraction of sp³-hybridized carbons (Fsp3) is 0.556. The molecule has 0 nitrogen and oxygen atoms in total. The van der Waals surface area contributed by atoms with E-state index in [2.05, 4.69) is 25.2 Å². The van der Waals surface area contributed by atoms with Gasteiger partial charge in [0.25, 0.3) is 0 Å².